The minimum atomic E-state index is -1.59. The second-order valence-electron chi connectivity index (χ2n) is 9.06. The van der Waals surface area contributed by atoms with Crippen LogP contribution in [-0.4, -0.2) is 82.9 Å². The Morgan fingerprint density at radius 2 is 2.12 bits per heavy atom. The molecule has 2 aromatic heterocycles. The maximum absolute atomic E-state index is 11.9. The monoisotopic (exact) mass is 472 g/mol. The van der Waals surface area contributed by atoms with Gasteiger partial charge in [0.25, 0.3) is 0 Å². The second kappa shape index (κ2) is 8.83. The Morgan fingerprint density at radius 3 is 2.79 bits per heavy atom. The van der Waals surface area contributed by atoms with Gasteiger partial charge in [-0.1, -0.05) is 0 Å². The van der Waals surface area contributed by atoms with Crippen LogP contribution in [0.5, 0.6) is 0 Å². The Morgan fingerprint density at radius 1 is 1.35 bits per heavy atom. The quantitative estimate of drug-likeness (QED) is 0.350. The van der Waals surface area contributed by atoms with Crippen molar-refractivity contribution >= 4 is 23.8 Å². The molecule has 4 heterocycles. The lowest BCUT2D eigenvalue weighted by molar-refractivity contribution is -0.205. The molecule has 0 aliphatic carbocycles. The van der Waals surface area contributed by atoms with Gasteiger partial charge in [-0.2, -0.15) is 10.4 Å². The smallest absolute Gasteiger partial charge is 0.432 e. The Balaban J connectivity index is 1.71. The fourth-order valence-corrected chi connectivity index (χ4v) is 4.08. The number of fused-ring (bicyclic) bond motifs is 2. The fraction of sp³-hybridized carbons (Fsp3) is 0.591. The molecule has 0 bridgehead atoms. The molecular formula is C22H28N6O6. The number of carbonyl (C=O) groups is 1. The normalized spacial score (nSPS) is 27.8. The SMILES string of the molecule is CC(C)OC(=O)OC[C@H]1O[C@@](C#N)(c2ccc3c(/N=C\N(C)C)ncnn23)[C@@H]2OC(C)(C)O[C@@H]21. The summed E-state index contributed by atoms with van der Waals surface area (Å²) >= 11 is 0. The number of nitriles is 1. The highest BCUT2D eigenvalue weighted by Crippen LogP contribution is 2.49. The third-order valence-electron chi connectivity index (χ3n) is 5.32. The van der Waals surface area contributed by atoms with Crippen molar-refractivity contribution in [3.8, 4) is 6.07 Å². The van der Waals surface area contributed by atoms with E-state index in [2.05, 4.69) is 21.1 Å². The van der Waals surface area contributed by atoms with Crippen LogP contribution < -0.4 is 0 Å². The van der Waals surface area contributed by atoms with E-state index in [9.17, 15) is 10.1 Å². The predicted molar refractivity (Wildman–Crippen MR) is 118 cm³/mol. The van der Waals surface area contributed by atoms with Crippen molar-refractivity contribution in [3.63, 3.8) is 0 Å². The Hall–Kier alpha value is -3.27. The van der Waals surface area contributed by atoms with Gasteiger partial charge in [-0.3, -0.25) is 0 Å². The molecule has 2 aliphatic heterocycles. The molecule has 12 nitrogen and oxygen atoms in total. The Kier molecular flexibility index (Phi) is 6.20. The van der Waals surface area contributed by atoms with Gasteiger partial charge >= 0.3 is 6.16 Å². The van der Waals surface area contributed by atoms with Gasteiger partial charge in [-0.25, -0.2) is 19.3 Å². The van der Waals surface area contributed by atoms with E-state index in [1.165, 1.54) is 6.33 Å². The molecule has 0 unspecified atom stereocenters. The Labute approximate surface area is 197 Å². The molecule has 4 rings (SSSR count). The van der Waals surface area contributed by atoms with Crippen molar-refractivity contribution in [2.24, 2.45) is 4.99 Å². The van der Waals surface area contributed by atoms with Crippen molar-refractivity contribution in [2.75, 3.05) is 20.7 Å². The zero-order valence-corrected chi connectivity index (χ0v) is 20.0. The van der Waals surface area contributed by atoms with E-state index in [1.807, 2.05) is 14.1 Å². The molecule has 2 aliphatic rings. The van der Waals surface area contributed by atoms with E-state index < -0.39 is 35.9 Å². The van der Waals surface area contributed by atoms with Gasteiger partial charge < -0.3 is 28.6 Å². The number of aliphatic imine (C=N–C) groups is 1. The zero-order valence-electron chi connectivity index (χ0n) is 20.0. The molecule has 182 valence electrons. The molecule has 2 fully saturated rings. The van der Waals surface area contributed by atoms with E-state index in [0.29, 0.717) is 17.0 Å². The fourth-order valence-electron chi connectivity index (χ4n) is 4.08. The number of hydrogen-bond donors (Lipinski definition) is 0. The van der Waals surface area contributed by atoms with E-state index in [-0.39, 0.29) is 12.7 Å². The first kappa shape index (κ1) is 23.9. The first-order valence-electron chi connectivity index (χ1n) is 10.9. The van der Waals surface area contributed by atoms with Crippen molar-refractivity contribution in [2.45, 2.75) is 63.5 Å². The van der Waals surface area contributed by atoms with Crippen LogP contribution in [0.15, 0.2) is 23.5 Å². The summed E-state index contributed by atoms with van der Waals surface area (Å²) in [5.41, 5.74) is -0.571. The van der Waals surface area contributed by atoms with Gasteiger partial charge in [-0.05, 0) is 39.8 Å². The summed E-state index contributed by atoms with van der Waals surface area (Å²) in [5.74, 6) is -0.543. The summed E-state index contributed by atoms with van der Waals surface area (Å²) in [5, 5.41) is 14.7. The van der Waals surface area contributed by atoms with Crippen LogP contribution in [0.1, 0.15) is 33.4 Å². The van der Waals surface area contributed by atoms with Gasteiger partial charge in [0.1, 0.15) is 42.8 Å². The molecule has 0 N–H and O–H groups in total. The third-order valence-corrected chi connectivity index (χ3v) is 5.32. The van der Waals surface area contributed by atoms with Gasteiger partial charge in [0.2, 0.25) is 5.60 Å². The third kappa shape index (κ3) is 4.29. The van der Waals surface area contributed by atoms with Crippen LogP contribution in [-0.2, 0) is 29.3 Å². The molecule has 4 atom stereocenters. The summed E-state index contributed by atoms with van der Waals surface area (Å²) < 4.78 is 30.2. The average molecular weight is 473 g/mol. The number of hydrogen-bond acceptors (Lipinski definition) is 10. The first-order valence-corrected chi connectivity index (χ1v) is 10.9. The molecule has 12 heteroatoms. The number of aromatic nitrogens is 3. The van der Waals surface area contributed by atoms with Crippen molar-refractivity contribution in [3.05, 3.63) is 24.2 Å². The van der Waals surface area contributed by atoms with E-state index in [1.54, 1.807) is 55.6 Å². The lowest BCUT2D eigenvalue weighted by Gasteiger charge is -2.28. The summed E-state index contributed by atoms with van der Waals surface area (Å²) in [6, 6.07) is 5.76. The zero-order chi connectivity index (χ0) is 24.7. The van der Waals surface area contributed by atoms with Gasteiger partial charge in [0.05, 0.1) is 18.1 Å². The first-order chi connectivity index (χ1) is 16.1. The summed E-state index contributed by atoms with van der Waals surface area (Å²) in [7, 11) is 3.70. The minimum Gasteiger partial charge on any atom is -0.432 e. The average Bonchev–Trinajstić information content (AvgIpc) is 3.41. The van der Waals surface area contributed by atoms with Gasteiger partial charge in [-0.15, -0.1) is 0 Å². The molecule has 0 aromatic carbocycles. The van der Waals surface area contributed by atoms with Crippen LogP contribution >= 0.6 is 0 Å². The number of rotatable bonds is 6. The molecule has 34 heavy (non-hydrogen) atoms. The number of nitrogens with zero attached hydrogens (tertiary/aromatic N) is 6. The molecule has 2 aromatic rings. The van der Waals surface area contributed by atoms with Crippen molar-refractivity contribution < 1.29 is 28.5 Å². The topological polar surface area (TPSA) is 133 Å². The number of ether oxygens (including phenoxy) is 5. The van der Waals surface area contributed by atoms with E-state index >= 15 is 0 Å². The summed E-state index contributed by atoms with van der Waals surface area (Å²) in [6.07, 6.45) is -0.420. The minimum absolute atomic E-state index is 0.174. The molecular weight excluding hydrogens is 444 g/mol. The highest BCUT2D eigenvalue weighted by atomic mass is 16.8. The summed E-state index contributed by atoms with van der Waals surface area (Å²) in [4.78, 5) is 22.3. The Bertz CT molecular complexity index is 1140. The molecule has 0 radical (unpaired) electrons. The maximum atomic E-state index is 11.9. The van der Waals surface area contributed by atoms with Crippen LogP contribution in [0.2, 0.25) is 0 Å². The van der Waals surface area contributed by atoms with Crippen LogP contribution in [0.4, 0.5) is 10.6 Å². The molecule has 2 saturated heterocycles. The lowest BCUT2D eigenvalue weighted by atomic mass is 9.92. The van der Waals surface area contributed by atoms with Crippen LogP contribution in [0, 0.1) is 11.3 Å². The summed E-state index contributed by atoms with van der Waals surface area (Å²) in [6.45, 7) is 6.77. The van der Waals surface area contributed by atoms with E-state index in [4.69, 9.17) is 23.7 Å². The van der Waals surface area contributed by atoms with Crippen LogP contribution in [0.25, 0.3) is 5.52 Å². The predicted octanol–water partition coefficient (Wildman–Crippen LogP) is 2.15. The highest BCUT2D eigenvalue weighted by molar-refractivity contribution is 5.71. The van der Waals surface area contributed by atoms with Gasteiger partial charge in [0, 0.05) is 14.1 Å². The largest absolute Gasteiger partial charge is 0.508 e. The maximum Gasteiger partial charge on any atom is 0.508 e. The van der Waals surface area contributed by atoms with Crippen molar-refractivity contribution in [1.82, 2.24) is 19.5 Å². The number of carbonyl (C=O) groups excluding carboxylic acids is 1. The highest BCUT2D eigenvalue weighted by Gasteiger charge is 2.65. The lowest BCUT2D eigenvalue weighted by Crippen LogP contribution is -2.40. The van der Waals surface area contributed by atoms with Gasteiger partial charge in [0.15, 0.2) is 11.6 Å². The molecule has 0 amide bonds. The second-order valence-corrected chi connectivity index (χ2v) is 9.06. The molecule has 0 spiro atoms. The molecule has 0 saturated carbocycles. The van der Waals surface area contributed by atoms with Crippen LogP contribution in [0.3, 0.4) is 0 Å². The van der Waals surface area contributed by atoms with E-state index in [0.717, 1.165) is 0 Å². The van der Waals surface area contributed by atoms with Crippen molar-refractivity contribution in [1.29, 1.82) is 5.26 Å². The standard InChI is InChI=1S/C22H28N6O6/c1-13(2)31-20(29)30-9-15-17-18(34-21(3,4)33-17)22(10-23,32-15)16-8-7-14-19(25-12-27(5)6)24-11-26-28(14)16/h7-8,11-13,15,17-18H,9H2,1-6H3/b25-12-/t15-,17-,18-,22+/m1/s1.